The Bertz CT molecular complexity index is 470. The van der Waals surface area contributed by atoms with Crippen LogP contribution >= 0.6 is 0 Å². The van der Waals surface area contributed by atoms with Gasteiger partial charge in [-0.3, -0.25) is 0 Å². The van der Waals surface area contributed by atoms with Crippen molar-refractivity contribution in [3.63, 3.8) is 0 Å². The Morgan fingerprint density at radius 3 is 2.29 bits per heavy atom. The van der Waals surface area contributed by atoms with Gasteiger partial charge >= 0.3 is 5.97 Å². The van der Waals surface area contributed by atoms with E-state index in [1.807, 2.05) is 6.92 Å². The van der Waals surface area contributed by atoms with Gasteiger partial charge in [-0.25, -0.2) is 4.79 Å². The van der Waals surface area contributed by atoms with Crippen molar-refractivity contribution in [1.29, 1.82) is 0 Å². The average Bonchev–Trinajstić information content (AvgIpc) is 2.49. The Labute approximate surface area is 123 Å². The molecule has 116 valence electrons. The average molecular weight is 296 g/mol. The lowest BCUT2D eigenvalue weighted by molar-refractivity contribution is -0.131. The van der Waals surface area contributed by atoms with Crippen LogP contribution in [0, 0.1) is 0 Å². The van der Waals surface area contributed by atoms with Crippen LogP contribution in [-0.4, -0.2) is 45.1 Å². The van der Waals surface area contributed by atoms with E-state index < -0.39 is 5.97 Å². The quantitative estimate of drug-likeness (QED) is 0.556. The van der Waals surface area contributed by atoms with Crippen LogP contribution in [0.3, 0.4) is 0 Å². The maximum absolute atomic E-state index is 10.6. The van der Waals surface area contributed by atoms with Gasteiger partial charge in [0, 0.05) is 12.7 Å². The van der Waals surface area contributed by atoms with Crippen molar-refractivity contribution >= 4 is 12.0 Å². The van der Waals surface area contributed by atoms with Crippen molar-refractivity contribution in [1.82, 2.24) is 0 Å². The van der Waals surface area contributed by atoms with Gasteiger partial charge in [0.2, 0.25) is 5.75 Å². The third kappa shape index (κ3) is 5.35. The summed E-state index contributed by atoms with van der Waals surface area (Å²) in [7, 11) is 3.02. The highest BCUT2D eigenvalue weighted by molar-refractivity contribution is 5.85. The van der Waals surface area contributed by atoms with E-state index in [9.17, 15) is 4.79 Å². The Balaban J connectivity index is 2.98. The number of carboxylic acid groups (broad SMARTS) is 1. The van der Waals surface area contributed by atoms with Crippen LogP contribution in [0.4, 0.5) is 0 Å². The Morgan fingerprint density at radius 1 is 1.19 bits per heavy atom. The van der Waals surface area contributed by atoms with Crippen LogP contribution in [0.15, 0.2) is 18.2 Å². The molecular weight excluding hydrogens is 276 g/mol. The molecule has 0 unspecified atom stereocenters. The van der Waals surface area contributed by atoms with Gasteiger partial charge in [-0.05, 0) is 30.7 Å². The molecule has 0 radical (unpaired) electrons. The van der Waals surface area contributed by atoms with Crippen molar-refractivity contribution < 1.29 is 28.8 Å². The molecule has 1 aromatic carbocycles. The van der Waals surface area contributed by atoms with Gasteiger partial charge in [-0.15, -0.1) is 0 Å². The minimum absolute atomic E-state index is 0.366. The van der Waals surface area contributed by atoms with Gasteiger partial charge in [0.1, 0.15) is 6.61 Å². The summed E-state index contributed by atoms with van der Waals surface area (Å²) in [5, 5.41) is 8.66. The summed E-state index contributed by atoms with van der Waals surface area (Å²) in [5.74, 6) is 0.379. The Kier molecular flexibility index (Phi) is 7.11. The molecule has 0 heterocycles. The first kappa shape index (κ1) is 16.8. The summed E-state index contributed by atoms with van der Waals surface area (Å²) in [6, 6.07) is 3.36. The Morgan fingerprint density at radius 2 is 1.81 bits per heavy atom. The van der Waals surface area contributed by atoms with E-state index in [-0.39, 0.29) is 0 Å². The van der Waals surface area contributed by atoms with Crippen molar-refractivity contribution in [3.8, 4) is 17.2 Å². The molecule has 0 aliphatic heterocycles. The van der Waals surface area contributed by atoms with Crippen molar-refractivity contribution in [2.75, 3.05) is 34.0 Å². The third-order valence-corrected chi connectivity index (χ3v) is 2.58. The zero-order chi connectivity index (χ0) is 15.7. The predicted octanol–water partition coefficient (Wildman–Crippen LogP) is 2.22. The van der Waals surface area contributed by atoms with Gasteiger partial charge < -0.3 is 24.1 Å². The minimum Gasteiger partial charge on any atom is -0.493 e. The molecule has 0 atom stereocenters. The molecule has 0 fully saturated rings. The first-order chi connectivity index (χ1) is 10.1. The second-order valence-corrected chi connectivity index (χ2v) is 3.97. The number of rotatable bonds is 9. The second kappa shape index (κ2) is 8.86. The van der Waals surface area contributed by atoms with E-state index >= 15 is 0 Å². The number of carboxylic acids is 1. The number of aliphatic carboxylic acids is 1. The summed E-state index contributed by atoms with van der Waals surface area (Å²) < 4.78 is 21.4. The fraction of sp³-hybridized carbons (Fsp3) is 0.400. The monoisotopic (exact) mass is 296 g/mol. The summed E-state index contributed by atoms with van der Waals surface area (Å²) in [6.45, 7) is 3.36. The van der Waals surface area contributed by atoms with Crippen LogP contribution in [0.5, 0.6) is 17.2 Å². The van der Waals surface area contributed by atoms with Crippen molar-refractivity contribution in [2.24, 2.45) is 0 Å². The van der Waals surface area contributed by atoms with Crippen LogP contribution in [0.2, 0.25) is 0 Å². The number of ether oxygens (including phenoxy) is 4. The standard InChI is InChI=1S/C15H20O6/c1-4-20-7-8-21-15-12(18-2)9-11(5-6-14(16)17)10-13(15)19-3/h5-6,9-10H,4,7-8H2,1-3H3,(H,16,17)/b6-5+. The largest absolute Gasteiger partial charge is 0.493 e. The molecule has 0 aromatic heterocycles. The second-order valence-electron chi connectivity index (χ2n) is 3.97. The van der Waals surface area contributed by atoms with Crippen LogP contribution in [0.1, 0.15) is 12.5 Å². The molecule has 1 rings (SSSR count). The van der Waals surface area contributed by atoms with Gasteiger partial charge in [-0.1, -0.05) is 0 Å². The van der Waals surface area contributed by atoms with E-state index in [4.69, 9.17) is 24.1 Å². The topological polar surface area (TPSA) is 74.2 Å². The molecule has 0 bridgehead atoms. The molecule has 6 heteroatoms. The van der Waals surface area contributed by atoms with E-state index in [0.717, 1.165) is 6.08 Å². The first-order valence-electron chi connectivity index (χ1n) is 6.50. The van der Waals surface area contributed by atoms with E-state index in [0.29, 0.717) is 42.6 Å². The molecule has 1 N–H and O–H groups in total. The summed E-state index contributed by atoms with van der Waals surface area (Å²) in [5.41, 5.74) is 0.642. The molecular formula is C15H20O6. The lowest BCUT2D eigenvalue weighted by Crippen LogP contribution is -2.08. The Hall–Kier alpha value is -2.21. The number of methoxy groups -OCH3 is 2. The number of carbonyl (C=O) groups is 1. The van der Waals surface area contributed by atoms with E-state index in [1.54, 1.807) is 12.1 Å². The zero-order valence-corrected chi connectivity index (χ0v) is 12.4. The van der Waals surface area contributed by atoms with Gasteiger partial charge in [0.15, 0.2) is 11.5 Å². The minimum atomic E-state index is -1.02. The fourth-order valence-electron chi connectivity index (χ4n) is 1.65. The zero-order valence-electron chi connectivity index (χ0n) is 12.4. The van der Waals surface area contributed by atoms with Crippen molar-refractivity contribution in [3.05, 3.63) is 23.8 Å². The van der Waals surface area contributed by atoms with Crippen LogP contribution in [0.25, 0.3) is 6.08 Å². The highest BCUT2D eigenvalue weighted by Crippen LogP contribution is 2.38. The number of hydrogen-bond acceptors (Lipinski definition) is 5. The van der Waals surface area contributed by atoms with Gasteiger partial charge in [0.05, 0.1) is 20.8 Å². The molecule has 0 aliphatic rings. The van der Waals surface area contributed by atoms with Crippen molar-refractivity contribution in [2.45, 2.75) is 6.92 Å². The SMILES string of the molecule is CCOCCOc1c(OC)cc(/C=C/C(=O)O)cc1OC. The van der Waals surface area contributed by atoms with E-state index in [2.05, 4.69) is 0 Å². The normalized spacial score (nSPS) is 10.6. The summed E-state index contributed by atoms with van der Waals surface area (Å²) in [6.07, 6.45) is 2.50. The molecule has 0 saturated carbocycles. The molecule has 21 heavy (non-hydrogen) atoms. The summed E-state index contributed by atoms with van der Waals surface area (Å²) >= 11 is 0. The highest BCUT2D eigenvalue weighted by Gasteiger charge is 2.13. The lowest BCUT2D eigenvalue weighted by Gasteiger charge is -2.15. The number of benzene rings is 1. The summed E-state index contributed by atoms with van der Waals surface area (Å²) in [4.78, 5) is 10.6. The molecule has 0 amide bonds. The van der Waals surface area contributed by atoms with Gasteiger partial charge in [0.25, 0.3) is 0 Å². The predicted molar refractivity (Wildman–Crippen MR) is 78.2 cm³/mol. The van der Waals surface area contributed by atoms with Crippen LogP contribution in [-0.2, 0) is 9.53 Å². The molecule has 6 nitrogen and oxygen atoms in total. The van der Waals surface area contributed by atoms with Gasteiger partial charge in [-0.2, -0.15) is 0 Å². The van der Waals surface area contributed by atoms with E-state index in [1.165, 1.54) is 20.3 Å². The lowest BCUT2D eigenvalue weighted by atomic mass is 10.1. The maximum Gasteiger partial charge on any atom is 0.328 e. The molecule has 0 saturated heterocycles. The first-order valence-corrected chi connectivity index (χ1v) is 6.50. The molecule has 0 spiro atoms. The molecule has 0 aliphatic carbocycles. The van der Waals surface area contributed by atoms with Crippen LogP contribution < -0.4 is 14.2 Å². The third-order valence-electron chi connectivity index (χ3n) is 2.58. The maximum atomic E-state index is 10.6. The fourth-order valence-corrected chi connectivity index (χ4v) is 1.65. The molecule has 1 aromatic rings. The highest BCUT2D eigenvalue weighted by atomic mass is 16.6. The number of hydrogen-bond donors (Lipinski definition) is 1. The smallest absolute Gasteiger partial charge is 0.328 e.